The molecule has 0 saturated heterocycles. The maximum atomic E-state index is 5.77. The van der Waals surface area contributed by atoms with Gasteiger partial charge in [0.15, 0.2) is 0 Å². The van der Waals surface area contributed by atoms with Crippen molar-refractivity contribution in [2.24, 2.45) is 0 Å². The predicted molar refractivity (Wildman–Crippen MR) is 156 cm³/mol. The van der Waals surface area contributed by atoms with E-state index < -0.39 is 0 Å². The van der Waals surface area contributed by atoms with Gasteiger partial charge in [0.1, 0.15) is 24.2 Å². The number of ether oxygens (including phenoxy) is 2. The molecule has 0 amide bonds. The topological polar surface area (TPSA) is 70.0 Å². The largest absolute Gasteiger partial charge is 0.496 e. The molecular formula is C33H34N4O2. The second kappa shape index (κ2) is 10.3. The molecule has 6 heteroatoms. The fourth-order valence-corrected chi connectivity index (χ4v) is 5.63. The molecule has 1 unspecified atom stereocenters. The van der Waals surface area contributed by atoms with Crippen LogP contribution in [0.4, 0.5) is 0 Å². The minimum atomic E-state index is 0.239. The average molecular weight is 519 g/mol. The maximum absolute atomic E-state index is 5.77. The zero-order chi connectivity index (χ0) is 27.1. The number of hydrogen-bond acceptors (Lipinski definition) is 6. The Morgan fingerprint density at radius 1 is 0.744 bits per heavy atom. The fraction of sp³-hybridized carbons (Fsp3) is 0.333. The number of rotatable bonds is 8. The van der Waals surface area contributed by atoms with Crippen molar-refractivity contribution in [3.05, 3.63) is 83.7 Å². The maximum Gasteiger partial charge on any atom is 0.128 e. The molecule has 2 heterocycles. The molecule has 0 spiro atoms. The van der Waals surface area contributed by atoms with E-state index in [0.717, 1.165) is 62.2 Å². The van der Waals surface area contributed by atoms with E-state index in [1.807, 2.05) is 6.07 Å². The van der Waals surface area contributed by atoms with Gasteiger partial charge in [-0.15, -0.1) is 0 Å². The number of benzene rings is 3. The number of methoxy groups -OCH3 is 2. The Morgan fingerprint density at radius 2 is 1.36 bits per heavy atom. The molecule has 1 fully saturated rings. The Hall–Kier alpha value is -4.06. The van der Waals surface area contributed by atoms with Gasteiger partial charge in [0.05, 0.1) is 36.6 Å². The fourth-order valence-electron chi connectivity index (χ4n) is 5.63. The minimum absolute atomic E-state index is 0.239. The van der Waals surface area contributed by atoms with E-state index in [0.29, 0.717) is 11.8 Å². The number of nitrogens with zero attached hydrogens (tertiary/aromatic N) is 4. The first kappa shape index (κ1) is 25.2. The van der Waals surface area contributed by atoms with Crippen molar-refractivity contribution in [3.8, 4) is 22.6 Å². The van der Waals surface area contributed by atoms with Crippen molar-refractivity contribution in [2.75, 3.05) is 14.2 Å². The molecule has 5 aromatic rings. The van der Waals surface area contributed by atoms with Crippen LogP contribution in [-0.2, 0) is 6.42 Å². The summed E-state index contributed by atoms with van der Waals surface area (Å²) in [6.45, 7) is 6.56. The smallest absolute Gasteiger partial charge is 0.128 e. The van der Waals surface area contributed by atoms with Crippen molar-refractivity contribution < 1.29 is 9.47 Å². The number of fused-ring (bicyclic) bond motifs is 2. The predicted octanol–water partition coefficient (Wildman–Crippen LogP) is 7.60. The molecule has 6 rings (SSSR count). The lowest BCUT2D eigenvalue weighted by Gasteiger charge is -2.16. The normalized spacial score (nSPS) is 14.2. The van der Waals surface area contributed by atoms with Crippen molar-refractivity contribution in [1.29, 1.82) is 0 Å². The molecule has 1 atom stereocenters. The van der Waals surface area contributed by atoms with Crippen LogP contribution in [-0.4, -0.2) is 34.2 Å². The minimum Gasteiger partial charge on any atom is -0.496 e. The van der Waals surface area contributed by atoms with Crippen LogP contribution in [0.25, 0.3) is 32.9 Å². The summed E-state index contributed by atoms with van der Waals surface area (Å²) in [7, 11) is 3.45. The molecule has 0 aliphatic heterocycles. The monoisotopic (exact) mass is 518 g/mol. The van der Waals surface area contributed by atoms with Crippen molar-refractivity contribution in [3.63, 3.8) is 0 Å². The average Bonchev–Trinajstić information content (AvgIpc) is 3.81. The van der Waals surface area contributed by atoms with Gasteiger partial charge in [0.2, 0.25) is 0 Å². The molecule has 1 aliphatic carbocycles. The van der Waals surface area contributed by atoms with Crippen LogP contribution >= 0.6 is 0 Å². The van der Waals surface area contributed by atoms with Crippen molar-refractivity contribution >= 4 is 21.8 Å². The van der Waals surface area contributed by atoms with E-state index >= 15 is 0 Å². The summed E-state index contributed by atoms with van der Waals surface area (Å²) < 4.78 is 11.4. The summed E-state index contributed by atoms with van der Waals surface area (Å²) in [5, 5.41) is 2.20. The van der Waals surface area contributed by atoms with Gasteiger partial charge in [-0.05, 0) is 59.9 Å². The molecule has 0 N–H and O–H groups in total. The molecule has 0 bridgehead atoms. The van der Waals surface area contributed by atoms with Crippen molar-refractivity contribution in [1.82, 2.24) is 19.9 Å². The molecule has 2 aromatic heterocycles. The zero-order valence-electron chi connectivity index (χ0n) is 23.2. The third kappa shape index (κ3) is 4.80. The second-order valence-electron chi connectivity index (χ2n) is 10.9. The Morgan fingerprint density at radius 3 is 1.97 bits per heavy atom. The molecule has 1 saturated carbocycles. The lowest BCUT2D eigenvalue weighted by Crippen LogP contribution is -2.04. The van der Waals surface area contributed by atoms with Crippen LogP contribution in [0.2, 0.25) is 0 Å². The molecule has 1 aliphatic rings. The van der Waals surface area contributed by atoms with E-state index in [2.05, 4.69) is 78.2 Å². The molecular weight excluding hydrogens is 484 g/mol. The second-order valence-corrected chi connectivity index (χ2v) is 10.9. The summed E-state index contributed by atoms with van der Waals surface area (Å²) >= 11 is 0. The standard InChI is InChI=1S/C33H34N4O2/c1-19(2)32-26-13-24(30(38-4)15-28(26)34-17-36-32)22-8-6-21(7-9-22)12-20(3)33-27-14-25(23-10-11-23)31(39-5)16-29(27)35-18-37-33/h6-9,13-20,23H,10-12H2,1-5H3. The first-order valence-electron chi connectivity index (χ1n) is 13.7. The van der Waals surface area contributed by atoms with E-state index in [9.17, 15) is 0 Å². The number of hydrogen-bond donors (Lipinski definition) is 0. The van der Waals surface area contributed by atoms with Crippen LogP contribution in [0.15, 0.2) is 61.2 Å². The summed E-state index contributed by atoms with van der Waals surface area (Å²) in [5.74, 6) is 2.89. The number of aromatic nitrogens is 4. The van der Waals surface area contributed by atoms with Gasteiger partial charge in [-0.2, -0.15) is 0 Å². The Kier molecular flexibility index (Phi) is 6.63. The van der Waals surface area contributed by atoms with Crippen LogP contribution in [0, 0.1) is 0 Å². The highest BCUT2D eigenvalue weighted by Gasteiger charge is 2.28. The van der Waals surface area contributed by atoms with Gasteiger partial charge < -0.3 is 9.47 Å². The van der Waals surface area contributed by atoms with Crippen molar-refractivity contribution in [2.45, 2.75) is 57.8 Å². The van der Waals surface area contributed by atoms with Gasteiger partial charge in [0.25, 0.3) is 0 Å². The highest BCUT2D eigenvalue weighted by atomic mass is 16.5. The van der Waals surface area contributed by atoms with E-state index in [1.165, 1.54) is 24.0 Å². The lowest BCUT2D eigenvalue weighted by molar-refractivity contribution is 0.410. The molecule has 39 heavy (non-hydrogen) atoms. The molecule has 198 valence electrons. The van der Waals surface area contributed by atoms with Gasteiger partial charge in [-0.1, -0.05) is 45.0 Å². The highest BCUT2D eigenvalue weighted by molar-refractivity contribution is 5.90. The van der Waals surface area contributed by atoms with E-state index in [4.69, 9.17) is 14.5 Å². The first-order chi connectivity index (χ1) is 19.0. The summed E-state index contributed by atoms with van der Waals surface area (Å²) in [4.78, 5) is 18.3. The third-order valence-corrected chi connectivity index (χ3v) is 7.84. The van der Waals surface area contributed by atoms with Crippen LogP contribution in [0.3, 0.4) is 0 Å². The Balaban J connectivity index is 1.30. The Labute approximate surface area is 229 Å². The summed E-state index contributed by atoms with van der Waals surface area (Å²) in [6, 6.07) is 17.3. The van der Waals surface area contributed by atoms with E-state index in [1.54, 1.807) is 26.9 Å². The summed E-state index contributed by atoms with van der Waals surface area (Å²) in [6.07, 6.45) is 6.64. The Bertz CT molecular complexity index is 1660. The van der Waals surface area contributed by atoms with E-state index in [-0.39, 0.29) is 5.92 Å². The highest BCUT2D eigenvalue weighted by Crippen LogP contribution is 2.46. The molecule has 6 nitrogen and oxygen atoms in total. The van der Waals surface area contributed by atoms with Crippen LogP contribution < -0.4 is 9.47 Å². The van der Waals surface area contributed by atoms with Gasteiger partial charge in [-0.3, -0.25) is 0 Å². The van der Waals surface area contributed by atoms with Gasteiger partial charge in [0, 0.05) is 34.4 Å². The molecule has 3 aromatic carbocycles. The van der Waals surface area contributed by atoms with Crippen LogP contribution in [0.5, 0.6) is 11.5 Å². The quantitative estimate of drug-likeness (QED) is 0.211. The van der Waals surface area contributed by atoms with Crippen LogP contribution in [0.1, 0.15) is 73.9 Å². The summed E-state index contributed by atoms with van der Waals surface area (Å²) in [5.41, 5.74) is 8.69. The zero-order valence-corrected chi connectivity index (χ0v) is 23.2. The first-order valence-corrected chi connectivity index (χ1v) is 13.7. The van der Waals surface area contributed by atoms with Gasteiger partial charge in [-0.25, -0.2) is 19.9 Å². The third-order valence-electron chi connectivity index (χ3n) is 7.84. The molecule has 0 radical (unpaired) electrons. The SMILES string of the molecule is COc1cc2ncnc(C(C)C)c2cc1-c1ccc(CC(C)c2ncnc3cc(OC)c(C4CC4)cc23)cc1. The van der Waals surface area contributed by atoms with Gasteiger partial charge >= 0.3 is 0 Å². The lowest BCUT2D eigenvalue weighted by atomic mass is 9.92.